The molecule has 2 aromatic rings. The Morgan fingerprint density at radius 1 is 1.20 bits per heavy atom. The van der Waals surface area contributed by atoms with E-state index in [9.17, 15) is 4.39 Å². The number of rotatable bonds is 3. The van der Waals surface area contributed by atoms with E-state index in [4.69, 9.17) is 28.6 Å². The van der Waals surface area contributed by atoms with Gasteiger partial charge in [0.2, 0.25) is 0 Å². The highest BCUT2D eigenvalue weighted by atomic mass is 35.5. The van der Waals surface area contributed by atoms with Gasteiger partial charge in [0.15, 0.2) is 5.11 Å². The zero-order valence-corrected chi connectivity index (χ0v) is 12.2. The Labute approximate surface area is 126 Å². The van der Waals surface area contributed by atoms with Crippen LogP contribution in [-0.2, 0) is 0 Å². The van der Waals surface area contributed by atoms with Crippen LogP contribution in [0.3, 0.4) is 0 Å². The van der Waals surface area contributed by atoms with Crippen molar-refractivity contribution in [2.45, 2.75) is 0 Å². The number of halogens is 2. The van der Waals surface area contributed by atoms with Crippen LogP contribution < -0.4 is 15.4 Å². The van der Waals surface area contributed by atoms with Gasteiger partial charge in [-0.3, -0.25) is 0 Å². The Bertz CT molecular complexity index is 636. The molecule has 0 aliphatic rings. The maximum atomic E-state index is 13.1. The summed E-state index contributed by atoms with van der Waals surface area (Å²) in [7, 11) is 1.55. The van der Waals surface area contributed by atoms with Crippen LogP contribution in [0.5, 0.6) is 5.75 Å². The van der Waals surface area contributed by atoms with Crippen LogP contribution in [0.1, 0.15) is 0 Å². The largest absolute Gasteiger partial charge is 0.495 e. The Morgan fingerprint density at radius 3 is 2.70 bits per heavy atom. The molecule has 0 aliphatic heterocycles. The van der Waals surface area contributed by atoms with Gasteiger partial charge in [-0.25, -0.2) is 4.39 Å². The summed E-state index contributed by atoms with van der Waals surface area (Å²) in [6.07, 6.45) is 0. The number of ether oxygens (including phenoxy) is 1. The van der Waals surface area contributed by atoms with Crippen molar-refractivity contribution in [3.63, 3.8) is 0 Å². The minimum absolute atomic E-state index is 0.316. The number of hydrogen-bond donors (Lipinski definition) is 2. The predicted octanol–water partition coefficient (Wildman–Crippen LogP) is 4.30. The molecule has 0 radical (unpaired) electrons. The van der Waals surface area contributed by atoms with E-state index in [1.165, 1.54) is 12.1 Å². The van der Waals surface area contributed by atoms with E-state index in [1.54, 1.807) is 37.4 Å². The summed E-state index contributed by atoms with van der Waals surface area (Å²) in [6, 6.07) is 11.2. The second kappa shape index (κ2) is 6.54. The van der Waals surface area contributed by atoms with Crippen LogP contribution in [0.2, 0.25) is 5.02 Å². The molecular formula is C14H12ClFN2OS. The summed E-state index contributed by atoms with van der Waals surface area (Å²) in [5, 5.41) is 6.72. The summed E-state index contributed by atoms with van der Waals surface area (Å²) in [6.45, 7) is 0. The molecule has 2 rings (SSSR count). The third-order valence-corrected chi connectivity index (χ3v) is 2.93. The van der Waals surface area contributed by atoms with Crippen molar-refractivity contribution < 1.29 is 9.13 Å². The maximum absolute atomic E-state index is 13.1. The lowest BCUT2D eigenvalue weighted by Gasteiger charge is -2.13. The highest BCUT2D eigenvalue weighted by molar-refractivity contribution is 7.80. The SMILES string of the molecule is COc1ccc(Cl)cc1NC(=S)Nc1cccc(F)c1. The van der Waals surface area contributed by atoms with Gasteiger partial charge < -0.3 is 15.4 Å². The number of hydrogen-bond acceptors (Lipinski definition) is 2. The second-order valence-corrected chi connectivity index (χ2v) is 4.78. The fourth-order valence-corrected chi connectivity index (χ4v) is 2.03. The van der Waals surface area contributed by atoms with Gasteiger partial charge in [-0.1, -0.05) is 17.7 Å². The number of methoxy groups -OCH3 is 1. The van der Waals surface area contributed by atoms with Gasteiger partial charge in [0.25, 0.3) is 0 Å². The molecule has 0 saturated carbocycles. The van der Waals surface area contributed by atoms with Crippen LogP contribution >= 0.6 is 23.8 Å². The molecule has 0 aliphatic carbocycles. The molecule has 0 atom stereocenters. The van der Waals surface area contributed by atoms with Crippen molar-refractivity contribution in [2.75, 3.05) is 17.7 Å². The first-order valence-corrected chi connectivity index (χ1v) is 6.54. The van der Waals surface area contributed by atoms with Gasteiger partial charge in [0, 0.05) is 10.7 Å². The van der Waals surface area contributed by atoms with Crippen molar-refractivity contribution in [1.29, 1.82) is 0 Å². The van der Waals surface area contributed by atoms with Gasteiger partial charge in [0.05, 0.1) is 12.8 Å². The van der Waals surface area contributed by atoms with Gasteiger partial charge in [-0.2, -0.15) is 0 Å². The van der Waals surface area contributed by atoms with Gasteiger partial charge in [-0.15, -0.1) is 0 Å². The van der Waals surface area contributed by atoms with E-state index >= 15 is 0 Å². The smallest absolute Gasteiger partial charge is 0.175 e. The van der Waals surface area contributed by atoms with Gasteiger partial charge in [-0.05, 0) is 48.6 Å². The molecule has 0 unspecified atom stereocenters. The molecule has 2 N–H and O–H groups in total. The highest BCUT2D eigenvalue weighted by Crippen LogP contribution is 2.27. The lowest BCUT2D eigenvalue weighted by Crippen LogP contribution is -2.19. The van der Waals surface area contributed by atoms with Gasteiger partial charge in [0.1, 0.15) is 11.6 Å². The third-order valence-electron chi connectivity index (χ3n) is 2.49. The number of thiocarbonyl (C=S) groups is 1. The minimum atomic E-state index is -0.335. The van der Waals surface area contributed by atoms with Crippen LogP contribution in [0.25, 0.3) is 0 Å². The molecule has 0 saturated heterocycles. The normalized spacial score (nSPS) is 9.95. The molecule has 0 fully saturated rings. The predicted molar refractivity (Wildman–Crippen MR) is 84.2 cm³/mol. The fourth-order valence-electron chi connectivity index (χ4n) is 1.63. The maximum Gasteiger partial charge on any atom is 0.175 e. The topological polar surface area (TPSA) is 33.3 Å². The molecule has 0 spiro atoms. The first kappa shape index (κ1) is 14.6. The molecular weight excluding hydrogens is 299 g/mol. The highest BCUT2D eigenvalue weighted by Gasteiger charge is 2.06. The number of benzene rings is 2. The average Bonchev–Trinajstić information content (AvgIpc) is 2.38. The van der Waals surface area contributed by atoms with Crippen LogP contribution in [0, 0.1) is 5.82 Å². The zero-order valence-electron chi connectivity index (χ0n) is 10.6. The first-order chi connectivity index (χ1) is 9.58. The monoisotopic (exact) mass is 310 g/mol. The number of nitrogens with one attached hydrogen (secondary N) is 2. The van der Waals surface area contributed by atoms with E-state index in [0.717, 1.165) is 0 Å². The van der Waals surface area contributed by atoms with Crippen molar-refractivity contribution in [3.8, 4) is 5.75 Å². The lowest BCUT2D eigenvalue weighted by atomic mass is 10.3. The zero-order chi connectivity index (χ0) is 14.5. The molecule has 0 aromatic heterocycles. The quantitative estimate of drug-likeness (QED) is 0.828. The van der Waals surface area contributed by atoms with E-state index < -0.39 is 0 Å². The first-order valence-electron chi connectivity index (χ1n) is 5.75. The van der Waals surface area contributed by atoms with Gasteiger partial charge >= 0.3 is 0 Å². The van der Waals surface area contributed by atoms with Crippen LogP contribution in [0.4, 0.5) is 15.8 Å². The molecule has 0 heterocycles. The summed E-state index contributed by atoms with van der Waals surface area (Å²) in [5.41, 5.74) is 1.19. The summed E-state index contributed by atoms with van der Waals surface area (Å²) >= 11 is 11.1. The standard InChI is InChI=1S/C14H12ClFN2OS/c1-19-13-6-5-9(15)7-12(13)18-14(20)17-11-4-2-3-10(16)8-11/h2-8H,1H3,(H2,17,18,20). The fraction of sp³-hybridized carbons (Fsp3) is 0.0714. The third kappa shape index (κ3) is 3.82. The van der Waals surface area contributed by atoms with Crippen LogP contribution in [0.15, 0.2) is 42.5 Å². The van der Waals surface area contributed by atoms with Crippen molar-refractivity contribution in [2.24, 2.45) is 0 Å². The number of anilines is 2. The van der Waals surface area contributed by atoms with E-state index in [0.29, 0.717) is 27.3 Å². The average molecular weight is 311 g/mol. The minimum Gasteiger partial charge on any atom is -0.495 e. The van der Waals surface area contributed by atoms with E-state index in [2.05, 4.69) is 10.6 Å². The molecule has 0 bridgehead atoms. The molecule has 0 amide bonds. The Hall–Kier alpha value is -1.85. The van der Waals surface area contributed by atoms with Crippen molar-refractivity contribution in [1.82, 2.24) is 0 Å². The molecule has 6 heteroatoms. The molecule has 104 valence electrons. The Balaban J connectivity index is 2.10. The van der Waals surface area contributed by atoms with Crippen LogP contribution in [-0.4, -0.2) is 12.2 Å². The van der Waals surface area contributed by atoms with E-state index in [1.807, 2.05) is 0 Å². The summed E-state index contributed by atoms with van der Waals surface area (Å²) < 4.78 is 18.3. The summed E-state index contributed by atoms with van der Waals surface area (Å²) in [5.74, 6) is 0.274. The second-order valence-electron chi connectivity index (χ2n) is 3.93. The molecule has 20 heavy (non-hydrogen) atoms. The summed E-state index contributed by atoms with van der Waals surface area (Å²) in [4.78, 5) is 0. The lowest BCUT2D eigenvalue weighted by molar-refractivity contribution is 0.417. The Morgan fingerprint density at radius 2 is 2.00 bits per heavy atom. The van der Waals surface area contributed by atoms with E-state index in [-0.39, 0.29) is 5.82 Å². The Kier molecular flexibility index (Phi) is 4.76. The molecule has 2 aromatic carbocycles. The van der Waals surface area contributed by atoms with Crippen molar-refractivity contribution >= 4 is 40.3 Å². The molecule has 3 nitrogen and oxygen atoms in total. The van der Waals surface area contributed by atoms with Crippen molar-refractivity contribution in [3.05, 3.63) is 53.3 Å².